The molecule has 8 heteroatoms. The first-order valence-corrected chi connectivity index (χ1v) is 8.21. The van der Waals surface area contributed by atoms with E-state index in [1.807, 2.05) is 4.57 Å². The Labute approximate surface area is 112 Å². The highest BCUT2D eigenvalue weighted by molar-refractivity contribution is 7.90. The molecule has 7 nitrogen and oxygen atoms in total. The summed E-state index contributed by atoms with van der Waals surface area (Å²) in [6.07, 6.45) is 3.83. The molecule has 2 heterocycles. The Balaban J connectivity index is 2.02. The van der Waals surface area contributed by atoms with Gasteiger partial charge in [0.25, 0.3) is 5.91 Å². The molecule has 2 N–H and O–H groups in total. The van der Waals surface area contributed by atoms with Crippen LogP contribution in [0.1, 0.15) is 23.8 Å². The molecule has 1 aliphatic heterocycles. The highest BCUT2D eigenvalue weighted by atomic mass is 32.2. The number of hydrogen-bond donors (Lipinski definition) is 2. The summed E-state index contributed by atoms with van der Waals surface area (Å²) in [7, 11) is -3.11. The van der Waals surface area contributed by atoms with Gasteiger partial charge in [0.2, 0.25) is 5.95 Å². The van der Waals surface area contributed by atoms with Gasteiger partial charge in [-0.25, -0.2) is 13.4 Å². The first-order chi connectivity index (χ1) is 8.85. The van der Waals surface area contributed by atoms with Crippen LogP contribution in [0.25, 0.3) is 0 Å². The largest absolute Gasteiger partial charge is 0.356 e. The normalized spacial score (nSPS) is 16.3. The van der Waals surface area contributed by atoms with Crippen LogP contribution >= 0.6 is 0 Å². The molecule has 1 amide bonds. The van der Waals surface area contributed by atoms with Gasteiger partial charge in [-0.05, 0) is 13.3 Å². The molecule has 0 saturated heterocycles. The van der Waals surface area contributed by atoms with Gasteiger partial charge < -0.3 is 15.2 Å². The van der Waals surface area contributed by atoms with E-state index in [2.05, 4.69) is 15.6 Å². The lowest BCUT2D eigenvalue weighted by Crippen LogP contribution is -2.37. The van der Waals surface area contributed by atoms with E-state index in [9.17, 15) is 13.2 Å². The molecule has 0 aromatic carbocycles. The highest BCUT2D eigenvalue weighted by Gasteiger charge is 2.19. The number of hydrogen-bond acceptors (Lipinski definition) is 5. The van der Waals surface area contributed by atoms with Crippen LogP contribution in [0.4, 0.5) is 5.95 Å². The number of anilines is 1. The topological polar surface area (TPSA) is 93.1 Å². The van der Waals surface area contributed by atoms with Crippen molar-refractivity contribution in [1.82, 2.24) is 14.9 Å². The average molecular weight is 286 g/mol. The van der Waals surface area contributed by atoms with E-state index in [0.717, 1.165) is 25.8 Å². The minimum Gasteiger partial charge on any atom is -0.356 e. The maximum Gasteiger partial charge on any atom is 0.271 e. The van der Waals surface area contributed by atoms with Crippen molar-refractivity contribution in [1.29, 1.82) is 0 Å². The molecule has 0 bridgehead atoms. The number of rotatable bonds is 4. The van der Waals surface area contributed by atoms with E-state index in [1.54, 1.807) is 13.1 Å². The van der Waals surface area contributed by atoms with Gasteiger partial charge in [0.05, 0.1) is 5.75 Å². The van der Waals surface area contributed by atoms with Crippen LogP contribution in [0, 0.1) is 0 Å². The van der Waals surface area contributed by atoms with Gasteiger partial charge in [-0.2, -0.15) is 0 Å². The first kappa shape index (κ1) is 13.9. The number of aryl methyl sites for hydroxylation is 1. The molecule has 0 spiro atoms. The van der Waals surface area contributed by atoms with Crippen molar-refractivity contribution in [3.05, 3.63) is 11.9 Å². The molecule has 0 saturated carbocycles. The van der Waals surface area contributed by atoms with E-state index in [1.165, 1.54) is 0 Å². The quantitative estimate of drug-likeness (QED) is 0.803. The average Bonchev–Trinajstić information content (AvgIpc) is 2.69. The van der Waals surface area contributed by atoms with Crippen molar-refractivity contribution < 1.29 is 13.2 Å². The second kappa shape index (κ2) is 5.20. The summed E-state index contributed by atoms with van der Waals surface area (Å²) in [5.74, 6) is 0.261. The van der Waals surface area contributed by atoms with Crippen molar-refractivity contribution in [3.8, 4) is 0 Å². The molecule has 19 heavy (non-hydrogen) atoms. The second-order valence-corrected chi connectivity index (χ2v) is 7.08. The van der Waals surface area contributed by atoms with Gasteiger partial charge >= 0.3 is 0 Å². The Bertz CT molecular complexity index is 555. The summed E-state index contributed by atoms with van der Waals surface area (Å²) >= 11 is 0. The maximum atomic E-state index is 11.9. The SMILES string of the molecule is CC(CS(C)(=O)=O)NC(=O)c1cn2c(n1)NCCC2. The second-order valence-electron chi connectivity index (χ2n) is 4.89. The summed E-state index contributed by atoms with van der Waals surface area (Å²) in [5.41, 5.74) is 0.310. The fraction of sp³-hybridized carbons (Fsp3) is 0.636. The summed E-state index contributed by atoms with van der Waals surface area (Å²) in [4.78, 5) is 16.1. The summed E-state index contributed by atoms with van der Waals surface area (Å²) in [5, 5.41) is 5.75. The molecule has 0 fully saturated rings. The Morgan fingerprint density at radius 3 is 3.00 bits per heavy atom. The summed E-state index contributed by atoms with van der Waals surface area (Å²) < 4.78 is 24.2. The molecule has 2 rings (SSSR count). The maximum absolute atomic E-state index is 11.9. The number of carbonyl (C=O) groups excluding carboxylic acids is 1. The summed E-state index contributed by atoms with van der Waals surface area (Å²) in [6, 6.07) is -0.436. The number of aromatic nitrogens is 2. The molecule has 0 aliphatic carbocycles. The molecule has 1 aromatic heterocycles. The van der Waals surface area contributed by atoms with Gasteiger partial charge in [0.15, 0.2) is 0 Å². The van der Waals surface area contributed by atoms with E-state index < -0.39 is 15.9 Å². The third-order valence-electron chi connectivity index (χ3n) is 2.80. The highest BCUT2D eigenvalue weighted by Crippen LogP contribution is 2.14. The third kappa shape index (κ3) is 3.69. The van der Waals surface area contributed by atoms with Crippen molar-refractivity contribution in [2.24, 2.45) is 0 Å². The zero-order valence-corrected chi connectivity index (χ0v) is 11.8. The predicted molar refractivity (Wildman–Crippen MR) is 72.0 cm³/mol. The predicted octanol–water partition coefficient (Wildman–Crippen LogP) is -0.138. The van der Waals surface area contributed by atoms with Crippen LogP contribution < -0.4 is 10.6 Å². The van der Waals surface area contributed by atoms with Gasteiger partial charge in [-0.1, -0.05) is 0 Å². The zero-order valence-electron chi connectivity index (χ0n) is 11.0. The van der Waals surface area contributed by atoms with Gasteiger partial charge in [0.1, 0.15) is 15.5 Å². The van der Waals surface area contributed by atoms with E-state index >= 15 is 0 Å². The molecule has 106 valence electrons. The van der Waals surface area contributed by atoms with Crippen molar-refractivity contribution in [3.63, 3.8) is 0 Å². The fourth-order valence-corrected chi connectivity index (χ4v) is 3.07. The number of nitrogens with zero attached hydrogens (tertiary/aromatic N) is 2. The number of fused-ring (bicyclic) bond motifs is 1. The number of carbonyl (C=O) groups is 1. The van der Waals surface area contributed by atoms with Gasteiger partial charge in [-0.15, -0.1) is 0 Å². The number of amides is 1. The molecule has 1 aliphatic rings. The molecule has 0 radical (unpaired) electrons. The zero-order chi connectivity index (χ0) is 14.0. The van der Waals surface area contributed by atoms with Crippen LogP contribution in [0.2, 0.25) is 0 Å². The number of nitrogens with one attached hydrogen (secondary N) is 2. The Morgan fingerprint density at radius 2 is 2.37 bits per heavy atom. The first-order valence-electron chi connectivity index (χ1n) is 6.15. The van der Waals surface area contributed by atoms with Crippen molar-refractivity contribution in [2.45, 2.75) is 25.9 Å². The lowest BCUT2D eigenvalue weighted by atomic mass is 10.3. The molecule has 1 aromatic rings. The third-order valence-corrected chi connectivity index (χ3v) is 3.90. The van der Waals surface area contributed by atoms with Crippen molar-refractivity contribution in [2.75, 3.05) is 23.9 Å². The monoisotopic (exact) mass is 286 g/mol. The van der Waals surface area contributed by atoms with Gasteiger partial charge in [0, 0.05) is 31.6 Å². The Morgan fingerprint density at radius 1 is 1.63 bits per heavy atom. The molecular formula is C11H18N4O3S. The summed E-state index contributed by atoms with van der Waals surface area (Å²) in [6.45, 7) is 3.34. The van der Waals surface area contributed by atoms with E-state index in [0.29, 0.717) is 11.6 Å². The van der Waals surface area contributed by atoms with Crippen LogP contribution in [0.3, 0.4) is 0 Å². The smallest absolute Gasteiger partial charge is 0.271 e. The van der Waals surface area contributed by atoms with Crippen LogP contribution in [-0.2, 0) is 16.4 Å². The lowest BCUT2D eigenvalue weighted by Gasteiger charge is -2.14. The molecule has 1 atom stereocenters. The Hall–Kier alpha value is -1.57. The van der Waals surface area contributed by atoms with Gasteiger partial charge in [-0.3, -0.25) is 4.79 Å². The number of sulfone groups is 1. The van der Waals surface area contributed by atoms with Crippen LogP contribution in [-0.4, -0.2) is 48.5 Å². The molecule has 1 unspecified atom stereocenters. The Kier molecular flexibility index (Phi) is 3.79. The van der Waals surface area contributed by atoms with E-state index in [-0.39, 0.29) is 11.7 Å². The minimum atomic E-state index is -3.11. The van der Waals surface area contributed by atoms with Crippen molar-refractivity contribution >= 4 is 21.7 Å². The lowest BCUT2D eigenvalue weighted by molar-refractivity contribution is 0.0939. The van der Waals surface area contributed by atoms with Crippen LogP contribution in [0.15, 0.2) is 6.20 Å². The standard InChI is InChI=1S/C11H18N4O3S/c1-8(7-19(2,17)18)13-10(16)9-6-15-5-3-4-12-11(15)14-9/h6,8H,3-5,7H2,1-2H3,(H,12,14)(H,13,16). The van der Waals surface area contributed by atoms with E-state index in [4.69, 9.17) is 0 Å². The molecular weight excluding hydrogens is 268 g/mol. The minimum absolute atomic E-state index is 0.0788. The number of imidazole rings is 1. The van der Waals surface area contributed by atoms with Crippen LogP contribution in [0.5, 0.6) is 0 Å². The fourth-order valence-electron chi connectivity index (χ4n) is 2.08.